The van der Waals surface area contributed by atoms with E-state index in [1.54, 1.807) is 23.5 Å². The molecule has 0 saturated heterocycles. The van der Waals surface area contributed by atoms with Crippen molar-refractivity contribution in [2.75, 3.05) is 5.32 Å². The molecule has 0 unspecified atom stereocenters. The second kappa shape index (κ2) is 7.48. The highest BCUT2D eigenvalue weighted by Gasteiger charge is 2.17. The van der Waals surface area contributed by atoms with Crippen LogP contribution in [0, 0.1) is 18.6 Å². The summed E-state index contributed by atoms with van der Waals surface area (Å²) in [7, 11) is 0. The van der Waals surface area contributed by atoms with Gasteiger partial charge in [-0.05, 0) is 54.0 Å². The number of carbonyl (C=O) groups excluding carboxylic acids is 1. The first-order chi connectivity index (χ1) is 13.5. The van der Waals surface area contributed by atoms with E-state index in [-0.39, 0.29) is 0 Å². The topological polar surface area (TPSA) is 41.5 Å². The second-order valence-corrected chi connectivity index (χ2v) is 7.66. The maximum atomic E-state index is 13.8. The average molecular weight is 394 g/mol. The minimum Gasteiger partial charge on any atom is -0.322 e. The van der Waals surface area contributed by atoms with E-state index in [1.807, 2.05) is 24.5 Å². The van der Waals surface area contributed by atoms with E-state index in [9.17, 15) is 13.6 Å². The summed E-state index contributed by atoms with van der Waals surface area (Å²) in [6, 6.07) is 12.7. The summed E-state index contributed by atoms with van der Waals surface area (Å²) in [4.78, 5) is 18.7. The van der Waals surface area contributed by atoms with Crippen LogP contribution in [0.5, 0.6) is 0 Å². The fourth-order valence-corrected chi connectivity index (χ4v) is 4.14. The molecule has 140 valence electrons. The van der Waals surface area contributed by atoms with Gasteiger partial charge in [-0.25, -0.2) is 8.78 Å². The minimum atomic E-state index is -0.888. The van der Waals surface area contributed by atoms with Crippen molar-refractivity contribution in [2.45, 2.75) is 13.3 Å². The zero-order valence-corrected chi connectivity index (χ0v) is 15.8. The van der Waals surface area contributed by atoms with Crippen LogP contribution in [-0.2, 0) is 0 Å². The summed E-state index contributed by atoms with van der Waals surface area (Å²) in [6.07, 6.45) is 4.62. The van der Waals surface area contributed by atoms with Gasteiger partial charge in [0.2, 0.25) is 0 Å². The predicted molar refractivity (Wildman–Crippen MR) is 110 cm³/mol. The molecule has 1 N–H and O–H groups in total. The number of nitrogens with zero attached hydrogens (tertiary/aromatic N) is 1. The van der Waals surface area contributed by atoms with E-state index in [4.69, 9.17) is 0 Å². The Bertz CT molecular complexity index is 1090. The molecule has 2 aromatic carbocycles. The number of carbonyl (C=O) groups is 1. The van der Waals surface area contributed by atoms with Gasteiger partial charge in [0.25, 0.3) is 5.91 Å². The van der Waals surface area contributed by atoms with Gasteiger partial charge in [-0.15, -0.1) is 11.3 Å². The van der Waals surface area contributed by atoms with Gasteiger partial charge in [0.1, 0.15) is 17.2 Å². The second-order valence-electron chi connectivity index (χ2n) is 6.40. The van der Waals surface area contributed by atoms with Gasteiger partial charge in [-0.2, -0.15) is 0 Å². The summed E-state index contributed by atoms with van der Waals surface area (Å²) < 4.78 is 27.5. The largest absolute Gasteiger partial charge is 0.322 e. The number of thiophene rings is 1. The van der Waals surface area contributed by atoms with Crippen molar-refractivity contribution in [1.29, 1.82) is 0 Å². The van der Waals surface area contributed by atoms with Crippen LogP contribution in [0.25, 0.3) is 16.7 Å². The van der Waals surface area contributed by atoms with Crippen molar-refractivity contribution in [3.05, 3.63) is 81.7 Å². The summed E-state index contributed by atoms with van der Waals surface area (Å²) in [5.41, 5.74) is 3.21. The molecule has 0 radical (unpaired) electrons. The van der Waals surface area contributed by atoms with Crippen LogP contribution in [0.3, 0.4) is 0 Å². The number of benzene rings is 2. The Morgan fingerprint density at radius 3 is 2.46 bits per heavy atom. The Hall–Kier alpha value is -3.12. The van der Waals surface area contributed by atoms with Gasteiger partial charge in [0.05, 0.1) is 0 Å². The number of hydrogen-bond donors (Lipinski definition) is 1. The van der Waals surface area contributed by atoms with Gasteiger partial charge in [0, 0.05) is 34.3 Å². The lowest BCUT2D eigenvalue weighted by Crippen LogP contribution is -2.15. The van der Waals surface area contributed by atoms with Crippen LogP contribution in [0.15, 0.2) is 59.7 Å². The number of aryl methyl sites for hydroxylation is 1. The maximum absolute atomic E-state index is 13.8. The van der Waals surface area contributed by atoms with Crippen LogP contribution < -0.4 is 5.32 Å². The fraction of sp³-hybridized carbons (Fsp3) is 0.0909. The van der Waals surface area contributed by atoms with Crippen molar-refractivity contribution in [3.8, 4) is 11.1 Å². The first-order valence-corrected chi connectivity index (χ1v) is 9.52. The van der Waals surface area contributed by atoms with E-state index in [1.165, 1.54) is 21.4 Å². The molecule has 0 aliphatic carbocycles. The number of nitrogens with one attached hydrogen (secondary N) is 1. The molecular weight excluding hydrogens is 378 g/mol. The van der Waals surface area contributed by atoms with Gasteiger partial charge < -0.3 is 5.32 Å². The summed E-state index contributed by atoms with van der Waals surface area (Å²) in [6.45, 7) is 2.07. The number of hydrogen-bond acceptors (Lipinski definition) is 3. The number of aliphatic imine (C=N–C) groups is 1. The molecule has 1 aliphatic rings. The van der Waals surface area contributed by atoms with Gasteiger partial charge in [-0.1, -0.05) is 18.2 Å². The van der Waals surface area contributed by atoms with Crippen molar-refractivity contribution in [2.24, 2.45) is 4.99 Å². The third-order valence-electron chi connectivity index (χ3n) is 4.52. The van der Waals surface area contributed by atoms with Crippen molar-refractivity contribution in [1.82, 2.24) is 0 Å². The SMILES string of the molecule is Cc1sc(C2=CN=CC2)cc1-c1ccc(NC(=O)c2c(F)cccc2F)cc1. The van der Waals surface area contributed by atoms with E-state index >= 15 is 0 Å². The molecule has 1 aliphatic heterocycles. The van der Waals surface area contributed by atoms with Crippen molar-refractivity contribution >= 4 is 34.7 Å². The smallest absolute Gasteiger partial charge is 0.261 e. The first kappa shape index (κ1) is 18.3. The first-order valence-electron chi connectivity index (χ1n) is 8.70. The Balaban J connectivity index is 1.54. The Morgan fingerprint density at radius 2 is 1.82 bits per heavy atom. The zero-order valence-electron chi connectivity index (χ0n) is 15.0. The van der Waals surface area contributed by atoms with Crippen LogP contribution in [0.2, 0.25) is 0 Å². The third kappa shape index (κ3) is 3.51. The molecule has 1 aromatic heterocycles. The summed E-state index contributed by atoms with van der Waals surface area (Å²) >= 11 is 1.72. The highest BCUT2D eigenvalue weighted by atomic mass is 32.1. The van der Waals surface area contributed by atoms with Crippen molar-refractivity contribution < 1.29 is 13.6 Å². The molecule has 3 nitrogen and oxygen atoms in total. The van der Waals surface area contributed by atoms with Gasteiger partial charge >= 0.3 is 0 Å². The lowest BCUT2D eigenvalue weighted by Gasteiger charge is -2.08. The maximum Gasteiger partial charge on any atom is 0.261 e. The van der Waals surface area contributed by atoms with E-state index in [2.05, 4.69) is 23.3 Å². The molecule has 28 heavy (non-hydrogen) atoms. The van der Waals surface area contributed by atoms with Gasteiger partial charge in [0.15, 0.2) is 0 Å². The number of amides is 1. The van der Waals surface area contributed by atoms with Crippen LogP contribution >= 0.6 is 11.3 Å². The fourth-order valence-electron chi connectivity index (χ4n) is 3.08. The van der Waals surface area contributed by atoms with Gasteiger partial charge in [-0.3, -0.25) is 9.79 Å². The standard InChI is InChI=1S/C22H16F2N2OS/c1-13-17(11-20(28-13)15-9-10-25-12-15)14-5-7-16(8-6-14)26-22(27)21-18(23)3-2-4-19(21)24/h2-8,10-12H,9H2,1H3,(H,26,27). The molecule has 0 bridgehead atoms. The number of rotatable bonds is 4. The summed E-state index contributed by atoms with van der Waals surface area (Å²) in [5, 5.41) is 2.54. The molecular formula is C22H16F2N2OS. The lowest BCUT2D eigenvalue weighted by atomic mass is 10.0. The quantitative estimate of drug-likeness (QED) is 0.573. The number of allylic oxidation sites excluding steroid dienone is 1. The molecule has 1 amide bonds. The van der Waals surface area contributed by atoms with Crippen LogP contribution in [0.4, 0.5) is 14.5 Å². The highest BCUT2D eigenvalue weighted by molar-refractivity contribution is 7.13. The molecule has 2 heterocycles. The number of halogens is 2. The minimum absolute atomic E-state index is 0.469. The molecule has 0 spiro atoms. The third-order valence-corrected chi connectivity index (χ3v) is 5.65. The highest BCUT2D eigenvalue weighted by Crippen LogP contribution is 2.36. The van der Waals surface area contributed by atoms with E-state index < -0.39 is 23.1 Å². The molecule has 3 aromatic rings. The van der Waals surface area contributed by atoms with E-state index in [0.29, 0.717) is 5.69 Å². The Morgan fingerprint density at radius 1 is 1.11 bits per heavy atom. The summed E-state index contributed by atoms with van der Waals surface area (Å²) in [5.74, 6) is -2.59. The molecule has 4 rings (SSSR count). The zero-order chi connectivity index (χ0) is 19.7. The lowest BCUT2D eigenvalue weighted by molar-refractivity contribution is 0.101. The van der Waals surface area contributed by atoms with Crippen LogP contribution in [-0.4, -0.2) is 12.1 Å². The molecule has 0 atom stereocenters. The van der Waals surface area contributed by atoms with Crippen LogP contribution in [0.1, 0.15) is 26.5 Å². The Kier molecular flexibility index (Phi) is 4.88. The molecule has 6 heteroatoms. The average Bonchev–Trinajstić information content (AvgIpc) is 3.32. The molecule has 0 fully saturated rings. The monoisotopic (exact) mass is 394 g/mol. The normalized spacial score (nSPS) is 12.9. The predicted octanol–water partition coefficient (Wildman–Crippen LogP) is 6.07. The molecule has 0 saturated carbocycles. The Labute approximate surface area is 165 Å². The van der Waals surface area contributed by atoms with E-state index in [0.717, 1.165) is 29.7 Å². The number of anilines is 1. The van der Waals surface area contributed by atoms with Crippen molar-refractivity contribution in [3.63, 3.8) is 0 Å².